The van der Waals surface area contributed by atoms with Gasteiger partial charge in [0.1, 0.15) is 5.82 Å². The standard InChI is InChI=1S/C11H14FN3O2/c1-7-3-4-8(12)5-9(7)11(16)15(2)6-10(13)14-17/h3-5,17H,6H2,1-2H3,(H2,13,14). The van der Waals surface area contributed by atoms with Crippen LogP contribution in [0.1, 0.15) is 15.9 Å². The van der Waals surface area contributed by atoms with Crippen molar-refractivity contribution in [3.63, 3.8) is 0 Å². The van der Waals surface area contributed by atoms with Crippen LogP contribution in [0, 0.1) is 12.7 Å². The van der Waals surface area contributed by atoms with Crippen LogP contribution in [-0.2, 0) is 0 Å². The van der Waals surface area contributed by atoms with Gasteiger partial charge in [-0.05, 0) is 24.6 Å². The van der Waals surface area contributed by atoms with Gasteiger partial charge < -0.3 is 15.8 Å². The number of aryl methyl sites for hydroxylation is 1. The van der Waals surface area contributed by atoms with Gasteiger partial charge in [-0.3, -0.25) is 4.79 Å². The molecule has 1 aromatic rings. The molecule has 0 atom stereocenters. The molecule has 0 saturated carbocycles. The minimum absolute atomic E-state index is 0.0225. The molecule has 3 N–H and O–H groups in total. The van der Waals surface area contributed by atoms with Crippen LogP contribution in [0.5, 0.6) is 0 Å². The Morgan fingerprint density at radius 3 is 2.82 bits per heavy atom. The monoisotopic (exact) mass is 239 g/mol. The molecule has 0 aromatic heterocycles. The zero-order chi connectivity index (χ0) is 13.0. The second kappa shape index (κ2) is 5.29. The Kier molecular flexibility index (Phi) is 4.03. The minimum atomic E-state index is -0.476. The predicted octanol–water partition coefficient (Wildman–Crippen LogP) is 0.953. The summed E-state index contributed by atoms with van der Waals surface area (Å²) in [6.45, 7) is 1.69. The van der Waals surface area contributed by atoms with Gasteiger partial charge in [0, 0.05) is 12.6 Å². The first-order chi connectivity index (χ1) is 7.95. The summed E-state index contributed by atoms with van der Waals surface area (Å²) in [5.41, 5.74) is 6.22. The summed E-state index contributed by atoms with van der Waals surface area (Å²) in [4.78, 5) is 13.2. The van der Waals surface area contributed by atoms with Gasteiger partial charge in [0.15, 0.2) is 5.84 Å². The third-order valence-electron chi connectivity index (χ3n) is 2.30. The summed E-state index contributed by atoms with van der Waals surface area (Å²) < 4.78 is 13.0. The first-order valence-corrected chi connectivity index (χ1v) is 4.93. The average Bonchev–Trinajstić information content (AvgIpc) is 2.31. The number of carbonyl (C=O) groups is 1. The predicted molar refractivity (Wildman–Crippen MR) is 61.5 cm³/mol. The lowest BCUT2D eigenvalue weighted by atomic mass is 10.1. The van der Waals surface area contributed by atoms with E-state index in [0.717, 1.165) is 0 Å². The van der Waals surface area contributed by atoms with Crippen LogP contribution in [0.15, 0.2) is 23.4 Å². The van der Waals surface area contributed by atoms with E-state index in [1.54, 1.807) is 6.92 Å². The summed E-state index contributed by atoms with van der Waals surface area (Å²) in [5, 5.41) is 11.2. The topological polar surface area (TPSA) is 78.9 Å². The first kappa shape index (κ1) is 13.0. The highest BCUT2D eigenvalue weighted by molar-refractivity contribution is 5.97. The number of nitrogens with two attached hydrogens (primary N) is 1. The fourth-order valence-electron chi connectivity index (χ4n) is 1.38. The molecule has 0 radical (unpaired) electrons. The van der Waals surface area contributed by atoms with E-state index in [4.69, 9.17) is 10.9 Å². The maximum Gasteiger partial charge on any atom is 0.254 e. The number of oxime groups is 1. The Morgan fingerprint density at radius 2 is 2.24 bits per heavy atom. The fraction of sp³-hybridized carbons (Fsp3) is 0.273. The van der Waals surface area contributed by atoms with Gasteiger partial charge in [-0.1, -0.05) is 11.2 Å². The van der Waals surface area contributed by atoms with Crippen molar-refractivity contribution >= 4 is 11.7 Å². The number of nitrogens with zero attached hydrogens (tertiary/aromatic N) is 2. The highest BCUT2D eigenvalue weighted by atomic mass is 19.1. The quantitative estimate of drug-likeness (QED) is 0.357. The third-order valence-corrected chi connectivity index (χ3v) is 2.30. The van der Waals surface area contributed by atoms with E-state index in [9.17, 15) is 9.18 Å². The fourth-order valence-corrected chi connectivity index (χ4v) is 1.38. The highest BCUT2D eigenvalue weighted by Gasteiger charge is 2.15. The van der Waals surface area contributed by atoms with Crippen molar-refractivity contribution in [2.24, 2.45) is 10.9 Å². The summed E-state index contributed by atoms with van der Waals surface area (Å²) in [6, 6.07) is 3.98. The van der Waals surface area contributed by atoms with Crippen molar-refractivity contribution in [1.29, 1.82) is 0 Å². The molecule has 0 aliphatic heterocycles. The van der Waals surface area contributed by atoms with Crippen molar-refractivity contribution < 1.29 is 14.4 Å². The summed E-state index contributed by atoms with van der Waals surface area (Å²) >= 11 is 0. The Labute approximate surface area is 98.3 Å². The largest absolute Gasteiger partial charge is 0.409 e. The molecule has 0 aliphatic rings. The molecule has 0 spiro atoms. The Balaban J connectivity index is 2.92. The van der Waals surface area contributed by atoms with Crippen LogP contribution >= 0.6 is 0 Å². The van der Waals surface area contributed by atoms with Crippen molar-refractivity contribution in [3.05, 3.63) is 35.1 Å². The summed E-state index contributed by atoms with van der Waals surface area (Å²) in [6.07, 6.45) is 0. The number of hydrogen-bond donors (Lipinski definition) is 2. The van der Waals surface area contributed by atoms with E-state index < -0.39 is 5.82 Å². The van der Waals surface area contributed by atoms with E-state index in [1.165, 1.54) is 30.1 Å². The van der Waals surface area contributed by atoms with Crippen molar-refractivity contribution in [2.45, 2.75) is 6.92 Å². The number of amides is 1. The molecule has 0 saturated heterocycles. The van der Waals surface area contributed by atoms with Gasteiger partial charge in [-0.15, -0.1) is 0 Å². The molecule has 92 valence electrons. The maximum absolute atomic E-state index is 13.0. The lowest BCUT2D eigenvalue weighted by molar-refractivity contribution is 0.0812. The zero-order valence-corrected chi connectivity index (χ0v) is 9.64. The zero-order valence-electron chi connectivity index (χ0n) is 9.64. The molecule has 1 rings (SSSR count). The molecule has 17 heavy (non-hydrogen) atoms. The number of hydrogen-bond acceptors (Lipinski definition) is 3. The SMILES string of the molecule is Cc1ccc(F)cc1C(=O)N(C)CC(N)=NO. The maximum atomic E-state index is 13.0. The molecule has 1 aromatic carbocycles. The average molecular weight is 239 g/mol. The van der Waals surface area contributed by atoms with Gasteiger partial charge >= 0.3 is 0 Å². The number of carbonyl (C=O) groups excluding carboxylic acids is 1. The van der Waals surface area contributed by atoms with Crippen molar-refractivity contribution in [1.82, 2.24) is 4.90 Å². The summed E-state index contributed by atoms with van der Waals surface area (Å²) in [7, 11) is 1.49. The van der Waals surface area contributed by atoms with Gasteiger partial charge in [0.2, 0.25) is 0 Å². The molecule has 0 fully saturated rings. The molecule has 1 amide bonds. The van der Waals surface area contributed by atoms with Crippen LogP contribution in [0.3, 0.4) is 0 Å². The number of likely N-dealkylation sites (N-methyl/N-ethyl adjacent to an activating group) is 1. The molecule has 6 heteroatoms. The Morgan fingerprint density at radius 1 is 1.59 bits per heavy atom. The number of rotatable bonds is 3. The van der Waals surface area contributed by atoms with Crippen molar-refractivity contribution in [2.75, 3.05) is 13.6 Å². The molecular formula is C11H14FN3O2. The molecule has 0 bridgehead atoms. The molecular weight excluding hydrogens is 225 g/mol. The van der Waals surface area contributed by atoms with Crippen LogP contribution < -0.4 is 5.73 Å². The third kappa shape index (κ3) is 3.17. The first-order valence-electron chi connectivity index (χ1n) is 4.93. The van der Waals surface area contributed by atoms with E-state index in [2.05, 4.69) is 5.16 Å². The Bertz CT molecular complexity index is 460. The Hall–Kier alpha value is -2.11. The molecule has 5 nitrogen and oxygen atoms in total. The lowest BCUT2D eigenvalue weighted by Crippen LogP contribution is -2.35. The summed E-state index contributed by atoms with van der Waals surface area (Å²) in [5.74, 6) is -0.945. The van der Waals surface area contributed by atoms with Crippen LogP contribution in [0.4, 0.5) is 4.39 Å². The second-order valence-corrected chi connectivity index (χ2v) is 3.71. The number of halogens is 1. The van der Waals surface area contributed by atoms with Gasteiger partial charge in [0.05, 0.1) is 6.54 Å². The number of benzene rings is 1. The van der Waals surface area contributed by atoms with Gasteiger partial charge in [0.25, 0.3) is 5.91 Å². The van der Waals surface area contributed by atoms with Gasteiger partial charge in [-0.2, -0.15) is 0 Å². The molecule has 0 aliphatic carbocycles. The minimum Gasteiger partial charge on any atom is -0.409 e. The normalized spacial score (nSPS) is 11.4. The smallest absolute Gasteiger partial charge is 0.254 e. The van der Waals surface area contributed by atoms with E-state index in [-0.39, 0.29) is 23.9 Å². The van der Waals surface area contributed by atoms with Crippen LogP contribution in [0.25, 0.3) is 0 Å². The van der Waals surface area contributed by atoms with Gasteiger partial charge in [-0.25, -0.2) is 4.39 Å². The van der Waals surface area contributed by atoms with Crippen LogP contribution in [0.2, 0.25) is 0 Å². The van der Waals surface area contributed by atoms with E-state index >= 15 is 0 Å². The second-order valence-electron chi connectivity index (χ2n) is 3.71. The molecule has 0 heterocycles. The highest BCUT2D eigenvalue weighted by Crippen LogP contribution is 2.12. The number of amidine groups is 1. The van der Waals surface area contributed by atoms with Crippen LogP contribution in [-0.4, -0.2) is 35.4 Å². The lowest BCUT2D eigenvalue weighted by Gasteiger charge is -2.17. The molecule has 0 unspecified atom stereocenters. The van der Waals surface area contributed by atoms with E-state index in [0.29, 0.717) is 5.56 Å². The van der Waals surface area contributed by atoms with Crippen molar-refractivity contribution in [3.8, 4) is 0 Å². The van der Waals surface area contributed by atoms with E-state index in [1.807, 2.05) is 0 Å².